The highest BCUT2D eigenvalue weighted by molar-refractivity contribution is 7.54. The van der Waals surface area contributed by atoms with E-state index in [0.29, 0.717) is 17.4 Å². The molecule has 0 spiro atoms. The zero-order valence-corrected chi connectivity index (χ0v) is 11.3. The van der Waals surface area contributed by atoms with E-state index in [1.807, 2.05) is 0 Å². The van der Waals surface area contributed by atoms with Gasteiger partial charge in [-0.1, -0.05) is 23.7 Å². The summed E-state index contributed by atoms with van der Waals surface area (Å²) in [6.07, 6.45) is 0.160. The molecular formula is C10H13Cl2O3P. The van der Waals surface area contributed by atoms with Gasteiger partial charge in [0.1, 0.15) is 5.75 Å². The first-order chi connectivity index (χ1) is 7.61. The minimum Gasteiger partial charge on any atom is -0.423 e. The molecule has 0 aliphatic carbocycles. The van der Waals surface area contributed by atoms with Gasteiger partial charge in [-0.15, -0.1) is 11.6 Å². The molecular weight excluding hydrogens is 270 g/mol. The van der Waals surface area contributed by atoms with Crippen LogP contribution in [0.2, 0.25) is 5.02 Å². The van der Waals surface area contributed by atoms with Crippen LogP contribution in [-0.4, -0.2) is 18.6 Å². The monoisotopic (exact) mass is 282 g/mol. The number of halogens is 2. The molecule has 0 saturated heterocycles. The number of hydrogen-bond donors (Lipinski definition) is 0. The first kappa shape index (κ1) is 13.9. The average molecular weight is 283 g/mol. The van der Waals surface area contributed by atoms with Gasteiger partial charge in [-0.3, -0.25) is 0 Å². The molecule has 0 heterocycles. The molecule has 90 valence electrons. The van der Waals surface area contributed by atoms with Crippen molar-refractivity contribution in [3.8, 4) is 5.75 Å². The molecule has 3 nitrogen and oxygen atoms in total. The summed E-state index contributed by atoms with van der Waals surface area (Å²) in [5, 5.41) is 0.400. The van der Waals surface area contributed by atoms with Crippen LogP contribution in [0.25, 0.3) is 0 Å². The second-order valence-electron chi connectivity index (χ2n) is 2.96. The third-order valence-corrected chi connectivity index (χ3v) is 4.42. The molecule has 1 aromatic carbocycles. The van der Waals surface area contributed by atoms with E-state index in [4.69, 9.17) is 32.2 Å². The normalized spacial score (nSPS) is 14.4. The van der Waals surface area contributed by atoms with Crippen LogP contribution in [0, 0.1) is 0 Å². The van der Waals surface area contributed by atoms with Crippen molar-refractivity contribution < 1.29 is 13.6 Å². The Balaban J connectivity index is 2.83. The van der Waals surface area contributed by atoms with Crippen molar-refractivity contribution in [3.63, 3.8) is 0 Å². The first-order valence-corrected chi connectivity index (χ1v) is 7.49. The van der Waals surface area contributed by atoms with Gasteiger partial charge in [0.05, 0.1) is 17.8 Å². The predicted octanol–water partition coefficient (Wildman–Crippen LogP) is 4.19. The van der Waals surface area contributed by atoms with Gasteiger partial charge < -0.3 is 9.05 Å². The molecule has 0 amide bonds. The Morgan fingerprint density at radius 1 is 1.38 bits per heavy atom. The van der Waals surface area contributed by atoms with Gasteiger partial charge in [-0.25, -0.2) is 4.57 Å². The van der Waals surface area contributed by atoms with Gasteiger partial charge in [0.25, 0.3) is 0 Å². The summed E-state index contributed by atoms with van der Waals surface area (Å²) in [5.41, 5.74) is 0. The van der Waals surface area contributed by atoms with Gasteiger partial charge in [-0.05, 0) is 19.1 Å². The lowest BCUT2D eigenvalue weighted by Gasteiger charge is -2.18. The van der Waals surface area contributed by atoms with Crippen LogP contribution in [0.15, 0.2) is 24.3 Å². The van der Waals surface area contributed by atoms with E-state index in [9.17, 15) is 4.57 Å². The maximum absolute atomic E-state index is 12.1. The quantitative estimate of drug-likeness (QED) is 0.580. The molecule has 0 aromatic heterocycles. The third kappa shape index (κ3) is 3.99. The Labute approximate surface area is 105 Å². The Hall–Kier alpha value is -0.210. The highest BCUT2D eigenvalue weighted by Gasteiger charge is 2.25. The summed E-state index contributed by atoms with van der Waals surface area (Å²) in [4.78, 5) is 0. The summed E-state index contributed by atoms with van der Waals surface area (Å²) in [6.45, 7) is 2.05. The van der Waals surface area contributed by atoms with Gasteiger partial charge >= 0.3 is 7.60 Å². The van der Waals surface area contributed by atoms with E-state index in [1.165, 1.54) is 0 Å². The summed E-state index contributed by atoms with van der Waals surface area (Å²) in [7, 11) is -3.18. The highest BCUT2D eigenvalue weighted by atomic mass is 35.5. The Bertz CT molecular complexity index is 374. The van der Waals surface area contributed by atoms with E-state index in [0.717, 1.165) is 0 Å². The maximum Gasteiger partial charge on any atom is 0.380 e. The van der Waals surface area contributed by atoms with Crippen LogP contribution < -0.4 is 4.52 Å². The van der Waals surface area contributed by atoms with Crippen molar-refractivity contribution in [2.75, 3.05) is 18.6 Å². The average Bonchev–Trinajstić information content (AvgIpc) is 2.22. The summed E-state index contributed by atoms with van der Waals surface area (Å²) in [5.74, 6) is 0.563. The second kappa shape index (κ2) is 6.51. The van der Waals surface area contributed by atoms with Crippen molar-refractivity contribution in [2.24, 2.45) is 0 Å². The fourth-order valence-corrected chi connectivity index (χ4v) is 3.29. The summed E-state index contributed by atoms with van der Waals surface area (Å²) in [6, 6.07) is 6.82. The molecule has 0 radical (unpaired) electrons. The Morgan fingerprint density at radius 3 is 2.62 bits per heavy atom. The zero-order chi connectivity index (χ0) is 12.0. The van der Waals surface area contributed by atoms with Crippen molar-refractivity contribution >= 4 is 30.8 Å². The highest BCUT2D eigenvalue weighted by Crippen LogP contribution is 2.49. The van der Waals surface area contributed by atoms with E-state index < -0.39 is 7.60 Å². The van der Waals surface area contributed by atoms with Crippen molar-refractivity contribution in [3.05, 3.63) is 29.3 Å². The number of rotatable bonds is 6. The van der Waals surface area contributed by atoms with Crippen LogP contribution in [0.4, 0.5) is 0 Å². The fraction of sp³-hybridized carbons (Fsp3) is 0.400. The van der Waals surface area contributed by atoms with Gasteiger partial charge in [-0.2, -0.15) is 0 Å². The molecule has 6 heteroatoms. The lowest BCUT2D eigenvalue weighted by Crippen LogP contribution is -2.03. The van der Waals surface area contributed by atoms with Crippen LogP contribution in [0.3, 0.4) is 0 Å². The number of para-hydroxylation sites is 1. The van der Waals surface area contributed by atoms with Crippen LogP contribution in [0.5, 0.6) is 5.75 Å². The molecule has 1 aromatic rings. The van der Waals surface area contributed by atoms with Crippen molar-refractivity contribution in [1.29, 1.82) is 0 Å². The van der Waals surface area contributed by atoms with Crippen LogP contribution >= 0.6 is 30.8 Å². The first-order valence-electron chi connectivity index (χ1n) is 4.85. The topological polar surface area (TPSA) is 35.5 Å². The molecule has 0 fully saturated rings. The molecule has 1 rings (SSSR count). The van der Waals surface area contributed by atoms with Crippen LogP contribution in [0.1, 0.15) is 6.92 Å². The molecule has 16 heavy (non-hydrogen) atoms. The molecule has 0 N–H and O–H groups in total. The summed E-state index contributed by atoms with van der Waals surface area (Å²) >= 11 is 11.5. The van der Waals surface area contributed by atoms with E-state index in [1.54, 1.807) is 31.2 Å². The lowest BCUT2D eigenvalue weighted by atomic mass is 10.3. The zero-order valence-electron chi connectivity index (χ0n) is 8.86. The maximum atomic E-state index is 12.1. The SMILES string of the molecule is CCOP(=O)(CCCl)Oc1ccccc1Cl. The number of benzene rings is 1. The van der Waals surface area contributed by atoms with Gasteiger partial charge in [0, 0.05) is 5.88 Å². The predicted molar refractivity (Wildman–Crippen MR) is 66.9 cm³/mol. The van der Waals surface area contributed by atoms with Gasteiger partial charge in [0.15, 0.2) is 0 Å². The van der Waals surface area contributed by atoms with Crippen LogP contribution in [-0.2, 0) is 9.09 Å². The van der Waals surface area contributed by atoms with Crippen molar-refractivity contribution in [2.45, 2.75) is 6.92 Å². The van der Waals surface area contributed by atoms with Crippen molar-refractivity contribution in [1.82, 2.24) is 0 Å². The molecule has 0 saturated carbocycles. The Kier molecular flexibility index (Phi) is 5.63. The number of alkyl halides is 1. The molecule has 1 atom stereocenters. The second-order valence-corrected chi connectivity index (χ2v) is 5.86. The van der Waals surface area contributed by atoms with E-state index >= 15 is 0 Å². The minimum absolute atomic E-state index is 0.160. The summed E-state index contributed by atoms with van der Waals surface area (Å²) < 4.78 is 22.6. The minimum atomic E-state index is -3.18. The fourth-order valence-electron chi connectivity index (χ4n) is 1.11. The van der Waals surface area contributed by atoms with E-state index in [-0.39, 0.29) is 12.0 Å². The van der Waals surface area contributed by atoms with E-state index in [2.05, 4.69) is 0 Å². The smallest absolute Gasteiger partial charge is 0.380 e. The Morgan fingerprint density at radius 2 is 2.06 bits per heavy atom. The molecule has 1 unspecified atom stereocenters. The molecule has 0 aliphatic rings. The van der Waals surface area contributed by atoms with Gasteiger partial charge in [0.2, 0.25) is 0 Å². The standard InChI is InChI=1S/C10H13Cl2O3P/c1-2-14-16(13,8-7-11)15-10-6-4-3-5-9(10)12/h3-6H,2,7-8H2,1H3. The largest absolute Gasteiger partial charge is 0.423 e. The number of hydrogen-bond acceptors (Lipinski definition) is 3. The molecule has 0 bridgehead atoms. The lowest BCUT2D eigenvalue weighted by molar-refractivity contribution is 0.280. The third-order valence-electron chi connectivity index (χ3n) is 1.76. The molecule has 0 aliphatic heterocycles.